The van der Waals surface area contributed by atoms with Crippen molar-refractivity contribution in [2.45, 2.75) is 26.8 Å². The minimum Gasteiger partial charge on any atom is -0.447 e. The maximum absolute atomic E-state index is 10.8. The normalized spacial score (nSPS) is 13.4. The van der Waals surface area contributed by atoms with Gasteiger partial charge >= 0.3 is 6.09 Å². The molecule has 1 aromatic heterocycles. The number of nitrogens with zero attached hydrogens (tertiary/aromatic N) is 3. The number of amides is 1. The summed E-state index contributed by atoms with van der Waals surface area (Å²) >= 11 is 3.45. The van der Waals surface area contributed by atoms with E-state index >= 15 is 0 Å². The fourth-order valence-corrected chi connectivity index (χ4v) is 2.32. The third kappa shape index (κ3) is 3.09. The lowest BCUT2D eigenvalue weighted by Gasteiger charge is -2.28. The summed E-state index contributed by atoms with van der Waals surface area (Å²) in [6, 6.07) is 5.50. The van der Waals surface area contributed by atoms with Gasteiger partial charge in [0.2, 0.25) is 0 Å². The molecular formula is C13H17BrN4O2. The molecule has 0 radical (unpaired) electrons. The highest BCUT2D eigenvalue weighted by Gasteiger charge is 2.30. The number of nitrogens with two attached hydrogens (primary N) is 1. The van der Waals surface area contributed by atoms with Crippen molar-refractivity contribution in [1.82, 2.24) is 15.0 Å². The average molecular weight is 341 g/mol. The first-order chi connectivity index (χ1) is 9.29. The number of ether oxygens (including phenoxy) is 1. The highest BCUT2D eigenvalue weighted by atomic mass is 79.9. The van der Waals surface area contributed by atoms with Crippen molar-refractivity contribution in [2.75, 3.05) is 6.61 Å². The standard InChI is InChI=1S/C13H17BrN4O2/c1-13(2,3)10(7-20-12(15)19)18-16-9-6-4-5-8(14)11(9)17-18/h4-6,10H,7H2,1-3H3,(H2,15,19). The van der Waals surface area contributed by atoms with E-state index in [-0.39, 0.29) is 18.1 Å². The van der Waals surface area contributed by atoms with Crippen LogP contribution in [0.3, 0.4) is 0 Å². The zero-order chi connectivity index (χ0) is 14.9. The van der Waals surface area contributed by atoms with Crippen LogP contribution in [0.1, 0.15) is 26.8 Å². The van der Waals surface area contributed by atoms with Crippen molar-refractivity contribution in [1.29, 1.82) is 0 Å². The summed E-state index contributed by atoms with van der Waals surface area (Å²) in [5.74, 6) is 0. The molecule has 0 aliphatic heterocycles. The topological polar surface area (TPSA) is 83.0 Å². The number of primary amides is 1. The van der Waals surface area contributed by atoms with E-state index in [9.17, 15) is 4.79 Å². The summed E-state index contributed by atoms with van der Waals surface area (Å²) in [5, 5.41) is 8.95. The van der Waals surface area contributed by atoms with Gasteiger partial charge in [0.25, 0.3) is 0 Å². The molecule has 2 aromatic rings. The van der Waals surface area contributed by atoms with Crippen molar-refractivity contribution in [2.24, 2.45) is 11.1 Å². The van der Waals surface area contributed by atoms with Gasteiger partial charge in [-0.15, -0.1) is 0 Å². The fraction of sp³-hybridized carbons (Fsp3) is 0.462. The molecule has 1 unspecified atom stereocenters. The predicted molar refractivity (Wildman–Crippen MR) is 79.3 cm³/mol. The van der Waals surface area contributed by atoms with E-state index in [1.165, 1.54) is 0 Å². The lowest BCUT2D eigenvalue weighted by Crippen LogP contribution is -2.32. The summed E-state index contributed by atoms with van der Waals surface area (Å²) in [6.45, 7) is 6.23. The van der Waals surface area contributed by atoms with Crippen LogP contribution in [-0.4, -0.2) is 27.7 Å². The summed E-state index contributed by atoms with van der Waals surface area (Å²) in [6.07, 6.45) is -0.794. The van der Waals surface area contributed by atoms with E-state index in [4.69, 9.17) is 10.5 Å². The summed E-state index contributed by atoms with van der Waals surface area (Å²) in [4.78, 5) is 12.4. The van der Waals surface area contributed by atoms with Crippen LogP contribution in [0.2, 0.25) is 0 Å². The third-order valence-electron chi connectivity index (χ3n) is 3.04. The largest absolute Gasteiger partial charge is 0.447 e. The first-order valence-electron chi connectivity index (χ1n) is 6.22. The maximum Gasteiger partial charge on any atom is 0.404 e. The molecule has 2 N–H and O–H groups in total. The van der Waals surface area contributed by atoms with Crippen molar-refractivity contribution in [3.8, 4) is 0 Å². The third-order valence-corrected chi connectivity index (χ3v) is 3.68. The molecular weight excluding hydrogens is 324 g/mol. The molecule has 0 saturated heterocycles. The molecule has 0 saturated carbocycles. The number of rotatable bonds is 3. The van der Waals surface area contributed by atoms with E-state index in [2.05, 4.69) is 26.1 Å². The quantitative estimate of drug-likeness (QED) is 0.930. The Morgan fingerprint density at radius 3 is 2.70 bits per heavy atom. The van der Waals surface area contributed by atoms with Gasteiger partial charge in [-0.25, -0.2) is 4.79 Å². The monoisotopic (exact) mass is 340 g/mol. The number of hydrogen-bond acceptors (Lipinski definition) is 4. The minimum atomic E-state index is -0.794. The van der Waals surface area contributed by atoms with Crippen LogP contribution < -0.4 is 5.73 Å². The summed E-state index contributed by atoms with van der Waals surface area (Å²) in [7, 11) is 0. The molecule has 0 bridgehead atoms. The Balaban J connectivity index is 2.40. The molecule has 1 heterocycles. The van der Waals surface area contributed by atoms with Crippen LogP contribution in [0.15, 0.2) is 22.7 Å². The summed E-state index contributed by atoms with van der Waals surface area (Å²) in [5.41, 5.74) is 6.42. The van der Waals surface area contributed by atoms with Crippen molar-refractivity contribution >= 4 is 33.1 Å². The van der Waals surface area contributed by atoms with Crippen molar-refractivity contribution in [3.63, 3.8) is 0 Å². The second-order valence-electron chi connectivity index (χ2n) is 5.64. The van der Waals surface area contributed by atoms with Gasteiger partial charge < -0.3 is 10.5 Å². The number of carbonyl (C=O) groups is 1. The SMILES string of the molecule is CC(C)(C)C(COC(N)=O)n1nc2cccc(Br)c2n1. The second-order valence-corrected chi connectivity index (χ2v) is 6.49. The van der Waals surface area contributed by atoms with E-state index < -0.39 is 6.09 Å². The van der Waals surface area contributed by atoms with Crippen molar-refractivity contribution < 1.29 is 9.53 Å². The molecule has 6 nitrogen and oxygen atoms in total. The van der Waals surface area contributed by atoms with Gasteiger partial charge in [-0.1, -0.05) is 26.8 Å². The Labute approximate surface area is 125 Å². The van der Waals surface area contributed by atoms with Crippen LogP contribution in [0, 0.1) is 5.41 Å². The van der Waals surface area contributed by atoms with Crippen molar-refractivity contribution in [3.05, 3.63) is 22.7 Å². The van der Waals surface area contributed by atoms with Gasteiger partial charge in [-0.2, -0.15) is 15.0 Å². The smallest absolute Gasteiger partial charge is 0.404 e. The van der Waals surface area contributed by atoms with Crippen LogP contribution in [0.4, 0.5) is 4.79 Å². The molecule has 0 aliphatic rings. The van der Waals surface area contributed by atoms with Gasteiger partial charge in [0.05, 0.1) is 0 Å². The Morgan fingerprint density at radius 1 is 1.45 bits per heavy atom. The van der Waals surface area contributed by atoms with Crippen LogP contribution in [0.5, 0.6) is 0 Å². The number of carbonyl (C=O) groups excluding carboxylic acids is 1. The number of aromatic nitrogens is 3. The Morgan fingerprint density at radius 2 is 2.15 bits per heavy atom. The highest BCUT2D eigenvalue weighted by Crippen LogP contribution is 2.31. The molecule has 0 aliphatic carbocycles. The Bertz CT molecular complexity index is 633. The van der Waals surface area contributed by atoms with Gasteiger partial charge in [0.1, 0.15) is 23.7 Å². The van der Waals surface area contributed by atoms with Gasteiger partial charge in [-0.05, 0) is 33.5 Å². The van der Waals surface area contributed by atoms with Crippen LogP contribution >= 0.6 is 15.9 Å². The Kier molecular flexibility index (Phi) is 3.99. The minimum absolute atomic E-state index is 0.136. The Hall–Kier alpha value is -1.63. The first kappa shape index (κ1) is 14.8. The zero-order valence-corrected chi connectivity index (χ0v) is 13.2. The number of benzene rings is 1. The number of hydrogen-bond donors (Lipinski definition) is 1. The second kappa shape index (κ2) is 5.40. The average Bonchev–Trinajstić information content (AvgIpc) is 2.72. The molecule has 7 heteroatoms. The van der Waals surface area contributed by atoms with E-state index in [1.807, 2.05) is 39.0 Å². The van der Waals surface area contributed by atoms with Gasteiger partial charge in [0, 0.05) is 4.47 Å². The first-order valence-corrected chi connectivity index (χ1v) is 7.01. The van der Waals surface area contributed by atoms with Crippen LogP contribution in [-0.2, 0) is 4.74 Å². The molecule has 0 fully saturated rings. The van der Waals surface area contributed by atoms with E-state index in [0.29, 0.717) is 0 Å². The lowest BCUT2D eigenvalue weighted by molar-refractivity contribution is 0.0875. The fourth-order valence-electron chi connectivity index (χ4n) is 1.88. The molecule has 1 aromatic carbocycles. The molecule has 20 heavy (non-hydrogen) atoms. The summed E-state index contributed by atoms with van der Waals surface area (Å²) < 4.78 is 5.82. The molecule has 108 valence electrons. The van der Waals surface area contributed by atoms with E-state index in [1.54, 1.807) is 4.80 Å². The van der Waals surface area contributed by atoms with Gasteiger partial charge in [0.15, 0.2) is 0 Å². The molecule has 2 rings (SSSR count). The predicted octanol–water partition coefficient (Wildman–Crippen LogP) is 2.88. The number of halogens is 1. The lowest BCUT2D eigenvalue weighted by atomic mass is 9.87. The molecule has 0 spiro atoms. The van der Waals surface area contributed by atoms with Gasteiger partial charge in [-0.3, -0.25) is 0 Å². The number of fused-ring (bicyclic) bond motifs is 1. The van der Waals surface area contributed by atoms with E-state index in [0.717, 1.165) is 15.5 Å². The molecule has 1 atom stereocenters. The maximum atomic E-state index is 10.8. The molecule has 1 amide bonds. The highest BCUT2D eigenvalue weighted by molar-refractivity contribution is 9.10. The zero-order valence-electron chi connectivity index (χ0n) is 11.6. The van der Waals surface area contributed by atoms with Crippen LogP contribution in [0.25, 0.3) is 11.0 Å².